The smallest absolute Gasteiger partial charge is 0.137 e. The Morgan fingerprint density at radius 3 is 2.60 bits per heavy atom. The first-order valence-electron chi connectivity index (χ1n) is 6.54. The summed E-state index contributed by atoms with van der Waals surface area (Å²) in [5.74, 6) is 0.770. The van der Waals surface area contributed by atoms with Crippen LogP contribution in [0, 0.1) is 11.3 Å². The highest BCUT2D eigenvalue weighted by Gasteiger charge is 2.00. The fourth-order valence-corrected chi connectivity index (χ4v) is 1.76. The van der Waals surface area contributed by atoms with Gasteiger partial charge < -0.3 is 4.74 Å². The van der Waals surface area contributed by atoms with Gasteiger partial charge in [0.05, 0.1) is 30.1 Å². The Morgan fingerprint density at radius 2 is 2.00 bits per heavy atom. The first-order valence-corrected chi connectivity index (χ1v) is 6.54. The zero-order valence-electron chi connectivity index (χ0n) is 11.4. The van der Waals surface area contributed by atoms with Gasteiger partial charge in [-0.3, -0.25) is 4.98 Å². The van der Waals surface area contributed by atoms with Crippen LogP contribution < -0.4 is 4.74 Å². The topological polar surface area (TPSA) is 45.9 Å². The average Bonchev–Trinajstić information content (AvgIpc) is 2.52. The van der Waals surface area contributed by atoms with Crippen LogP contribution in [0.5, 0.6) is 5.75 Å². The summed E-state index contributed by atoms with van der Waals surface area (Å²) in [6.45, 7) is 2.65. The molecular weight excluding hydrogens is 248 g/mol. The van der Waals surface area contributed by atoms with Gasteiger partial charge in [0.1, 0.15) is 5.75 Å². The van der Waals surface area contributed by atoms with E-state index in [0.717, 1.165) is 23.4 Å². The molecule has 0 fully saturated rings. The molecule has 1 heterocycles. The van der Waals surface area contributed by atoms with Crippen LogP contribution in [-0.2, 0) is 0 Å². The molecule has 0 aliphatic heterocycles. The van der Waals surface area contributed by atoms with Gasteiger partial charge >= 0.3 is 0 Å². The van der Waals surface area contributed by atoms with Gasteiger partial charge in [0.2, 0.25) is 0 Å². The number of benzene rings is 1. The van der Waals surface area contributed by atoms with Gasteiger partial charge in [-0.2, -0.15) is 5.26 Å². The van der Waals surface area contributed by atoms with E-state index in [4.69, 9.17) is 10.00 Å². The summed E-state index contributed by atoms with van der Waals surface area (Å²) in [6.07, 6.45) is 6.70. The molecule has 0 N–H and O–H groups in total. The molecule has 0 bridgehead atoms. The molecule has 0 spiro atoms. The van der Waals surface area contributed by atoms with Crippen molar-refractivity contribution in [2.24, 2.45) is 0 Å². The summed E-state index contributed by atoms with van der Waals surface area (Å²) in [5, 5.41) is 8.77. The summed E-state index contributed by atoms with van der Waals surface area (Å²) in [6, 6.07) is 13.3. The fourth-order valence-electron chi connectivity index (χ4n) is 1.76. The number of nitriles is 1. The van der Waals surface area contributed by atoms with Gasteiger partial charge in [0.25, 0.3) is 0 Å². The van der Waals surface area contributed by atoms with Crippen LogP contribution in [0.15, 0.2) is 54.7 Å². The standard InChI is InChI=1S/C17H16N2O/c1-2-3-4-11-20-16-9-10-17(19-13-16)15-7-5-14(12-18)6-8-15/h2-3,5-10,13H,4,11H2,1H3. The lowest BCUT2D eigenvalue weighted by Gasteiger charge is -2.05. The summed E-state index contributed by atoms with van der Waals surface area (Å²) >= 11 is 0. The minimum Gasteiger partial charge on any atom is -0.492 e. The number of hydrogen-bond donors (Lipinski definition) is 0. The molecule has 0 saturated carbocycles. The van der Waals surface area contributed by atoms with Crippen LogP contribution >= 0.6 is 0 Å². The second kappa shape index (κ2) is 7.10. The van der Waals surface area contributed by atoms with Gasteiger partial charge in [-0.15, -0.1) is 0 Å². The van der Waals surface area contributed by atoms with E-state index in [0.29, 0.717) is 12.2 Å². The summed E-state index contributed by atoms with van der Waals surface area (Å²) < 4.78 is 5.58. The first kappa shape index (κ1) is 13.8. The minimum atomic E-state index is 0.651. The lowest BCUT2D eigenvalue weighted by Crippen LogP contribution is -1.96. The number of rotatable bonds is 5. The SMILES string of the molecule is CC=CCCOc1ccc(-c2ccc(C#N)cc2)nc1. The van der Waals surface area contributed by atoms with E-state index in [2.05, 4.69) is 17.1 Å². The van der Waals surface area contributed by atoms with Crippen LogP contribution in [0.3, 0.4) is 0 Å². The Labute approximate surface area is 119 Å². The molecular formula is C17H16N2O. The molecule has 2 rings (SSSR count). The second-order valence-corrected chi connectivity index (χ2v) is 4.27. The van der Waals surface area contributed by atoms with Crippen molar-refractivity contribution in [3.63, 3.8) is 0 Å². The highest BCUT2D eigenvalue weighted by Crippen LogP contribution is 2.20. The number of nitrogens with zero attached hydrogens (tertiary/aromatic N) is 2. The van der Waals surface area contributed by atoms with Crippen molar-refractivity contribution >= 4 is 0 Å². The van der Waals surface area contributed by atoms with Crippen molar-refractivity contribution in [2.75, 3.05) is 6.61 Å². The number of ether oxygens (including phenoxy) is 1. The van der Waals surface area contributed by atoms with E-state index in [1.165, 1.54) is 0 Å². The molecule has 100 valence electrons. The van der Waals surface area contributed by atoms with Gasteiger partial charge in [-0.25, -0.2) is 0 Å². The maximum Gasteiger partial charge on any atom is 0.137 e. The molecule has 3 nitrogen and oxygen atoms in total. The molecule has 0 atom stereocenters. The Balaban J connectivity index is 2.02. The summed E-state index contributed by atoms with van der Waals surface area (Å²) in [4.78, 5) is 4.38. The largest absolute Gasteiger partial charge is 0.492 e. The van der Waals surface area contributed by atoms with Gasteiger partial charge in [-0.05, 0) is 37.6 Å². The lowest BCUT2D eigenvalue weighted by molar-refractivity contribution is 0.323. The van der Waals surface area contributed by atoms with Crippen molar-refractivity contribution in [3.8, 4) is 23.1 Å². The number of aromatic nitrogens is 1. The van der Waals surface area contributed by atoms with Gasteiger partial charge in [0, 0.05) is 5.56 Å². The quantitative estimate of drug-likeness (QED) is 0.606. The van der Waals surface area contributed by atoms with E-state index >= 15 is 0 Å². The Kier molecular flexibility index (Phi) is 4.91. The van der Waals surface area contributed by atoms with Crippen LogP contribution in [0.4, 0.5) is 0 Å². The Hall–Kier alpha value is -2.60. The van der Waals surface area contributed by atoms with Crippen LogP contribution in [0.2, 0.25) is 0 Å². The fraction of sp³-hybridized carbons (Fsp3) is 0.176. The highest BCUT2D eigenvalue weighted by molar-refractivity contribution is 5.60. The van der Waals surface area contributed by atoms with Gasteiger partial charge in [-0.1, -0.05) is 24.3 Å². The zero-order chi connectivity index (χ0) is 14.2. The third-order valence-corrected chi connectivity index (χ3v) is 2.84. The molecule has 3 heteroatoms. The first-order chi connectivity index (χ1) is 9.83. The maximum atomic E-state index is 8.77. The molecule has 20 heavy (non-hydrogen) atoms. The molecule has 1 aromatic carbocycles. The van der Waals surface area contributed by atoms with E-state index in [9.17, 15) is 0 Å². The van der Waals surface area contributed by atoms with Crippen molar-refractivity contribution in [1.29, 1.82) is 5.26 Å². The lowest BCUT2D eigenvalue weighted by atomic mass is 10.1. The number of pyridine rings is 1. The van der Waals surface area contributed by atoms with Crippen LogP contribution in [-0.4, -0.2) is 11.6 Å². The Morgan fingerprint density at radius 1 is 1.20 bits per heavy atom. The molecule has 2 aromatic rings. The predicted octanol–water partition coefficient (Wildman–Crippen LogP) is 3.97. The third-order valence-electron chi connectivity index (χ3n) is 2.84. The second-order valence-electron chi connectivity index (χ2n) is 4.27. The summed E-state index contributed by atoms with van der Waals surface area (Å²) in [7, 11) is 0. The molecule has 0 radical (unpaired) electrons. The van der Waals surface area contributed by atoms with E-state index in [1.54, 1.807) is 18.3 Å². The molecule has 0 amide bonds. The molecule has 1 aromatic heterocycles. The minimum absolute atomic E-state index is 0.651. The number of allylic oxidation sites excluding steroid dienone is 1. The van der Waals surface area contributed by atoms with Crippen molar-refractivity contribution in [2.45, 2.75) is 13.3 Å². The predicted molar refractivity (Wildman–Crippen MR) is 79.3 cm³/mol. The van der Waals surface area contributed by atoms with E-state index in [-0.39, 0.29) is 0 Å². The number of hydrogen-bond acceptors (Lipinski definition) is 3. The third kappa shape index (κ3) is 3.69. The highest BCUT2D eigenvalue weighted by atomic mass is 16.5. The van der Waals surface area contributed by atoms with Crippen LogP contribution in [0.25, 0.3) is 11.3 Å². The van der Waals surface area contributed by atoms with E-state index < -0.39 is 0 Å². The monoisotopic (exact) mass is 264 g/mol. The normalized spacial score (nSPS) is 10.4. The molecule has 0 unspecified atom stereocenters. The maximum absolute atomic E-state index is 8.77. The van der Waals surface area contributed by atoms with Gasteiger partial charge in [0.15, 0.2) is 0 Å². The van der Waals surface area contributed by atoms with E-state index in [1.807, 2.05) is 37.3 Å². The van der Waals surface area contributed by atoms with Crippen molar-refractivity contribution in [1.82, 2.24) is 4.98 Å². The van der Waals surface area contributed by atoms with Crippen LogP contribution in [0.1, 0.15) is 18.9 Å². The molecule has 0 saturated heterocycles. The molecule has 0 aliphatic carbocycles. The Bertz CT molecular complexity index is 607. The average molecular weight is 264 g/mol. The summed E-state index contributed by atoms with van der Waals surface area (Å²) in [5.41, 5.74) is 2.51. The van der Waals surface area contributed by atoms with Crippen molar-refractivity contribution in [3.05, 3.63) is 60.3 Å². The molecule has 0 aliphatic rings. The zero-order valence-corrected chi connectivity index (χ0v) is 11.4. The van der Waals surface area contributed by atoms with Crippen molar-refractivity contribution < 1.29 is 4.74 Å².